The molecular formula is C19H36N4O. The molecule has 0 spiro atoms. The third kappa shape index (κ3) is 4.70. The summed E-state index contributed by atoms with van der Waals surface area (Å²) < 4.78 is 0. The van der Waals surface area contributed by atoms with Crippen LogP contribution in [0.1, 0.15) is 44.9 Å². The molecule has 0 unspecified atom stereocenters. The average molecular weight is 337 g/mol. The van der Waals surface area contributed by atoms with Gasteiger partial charge >= 0.3 is 0 Å². The molecule has 3 rings (SSSR count). The second kappa shape index (κ2) is 8.63. The monoisotopic (exact) mass is 336 g/mol. The summed E-state index contributed by atoms with van der Waals surface area (Å²) >= 11 is 0. The quantitative estimate of drug-likeness (QED) is 0.843. The Kier molecular flexibility index (Phi) is 6.53. The fraction of sp³-hybridized carbons (Fsp3) is 0.947. The first-order chi connectivity index (χ1) is 11.6. The molecule has 3 heterocycles. The fourth-order valence-corrected chi connectivity index (χ4v) is 4.82. The Labute approximate surface area is 147 Å². The number of hydrogen-bond donors (Lipinski definition) is 1. The number of piperidine rings is 3. The van der Waals surface area contributed by atoms with Gasteiger partial charge in [0.2, 0.25) is 5.91 Å². The van der Waals surface area contributed by atoms with E-state index in [-0.39, 0.29) is 11.9 Å². The van der Waals surface area contributed by atoms with Gasteiger partial charge < -0.3 is 20.4 Å². The number of nitrogens with two attached hydrogens (primary N) is 1. The minimum atomic E-state index is -0.331. The smallest absolute Gasteiger partial charge is 0.240 e. The Hall–Kier alpha value is -0.650. The molecule has 0 aromatic carbocycles. The van der Waals surface area contributed by atoms with Crippen LogP contribution >= 0.6 is 0 Å². The van der Waals surface area contributed by atoms with Crippen molar-refractivity contribution in [3.05, 3.63) is 0 Å². The van der Waals surface area contributed by atoms with Crippen LogP contribution in [0.3, 0.4) is 0 Å². The molecule has 0 bridgehead atoms. The van der Waals surface area contributed by atoms with Gasteiger partial charge in [0.25, 0.3) is 0 Å². The average Bonchev–Trinajstić information content (AvgIpc) is 2.63. The molecule has 5 heteroatoms. The summed E-state index contributed by atoms with van der Waals surface area (Å²) in [5.41, 5.74) is 6.23. The summed E-state index contributed by atoms with van der Waals surface area (Å²) in [5.74, 6) is 1.88. The lowest BCUT2D eigenvalue weighted by molar-refractivity contribution is -0.134. The van der Waals surface area contributed by atoms with E-state index in [9.17, 15) is 4.79 Å². The zero-order valence-corrected chi connectivity index (χ0v) is 15.5. The van der Waals surface area contributed by atoms with Crippen molar-refractivity contribution in [3.63, 3.8) is 0 Å². The van der Waals surface area contributed by atoms with Crippen molar-refractivity contribution in [2.45, 2.75) is 51.0 Å². The summed E-state index contributed by atoms with van der Waals surface area (Å²) in [6.07, 6.45) is 8.86. The van der Waals surface area contributed by atoms with Crippen molar-refractivity contribution >= 4 is 5.91 Å². The summed E-state index contributed by atoms with van der Waals surface area (Å²) in [6, 6.07) is -0.331. The SMILES string of the molecule is CN1CCC(C2CCN(C(=O)[C@H](N)CN3CCCCC3)CC2)CC1. The van der Waals surface area contributed by atoms with Crippen LogP contribution in [0.5, 0.6) is 0 Å². The van der Waals surface area contributed by atoms with Crippen LogP contribution in [0.4, 0.5) is 0 Å². The highest BCUT2D eigenvalue weighted by molar-refractivity contribution is 5.82. The molecule has 3 aliphatic heterocycles. The first-order valence-electron chi connectivity index (χ1n) is 10.1. The first-order valence-corrected chi connectivity index (χ1v) is 10.1. The van der Waals surface area contributed by atoms with E-state index in [1.54, 1.807) is 0 Å². The standard InChI is InChI=1S/C19H36N4O/c1-21-11-5-16(6-12-21)17-7-13-23(14-8-17)19(24)18(20)15-22-9-3-2-4-10-22/h16-18H,2-15,20H2,1H3/t18-/m1/s1. The second-order valence-corrected chi connectivity index (χ2v) is 8.27. The normalized spacial score (nSPS) is 27.3. The summed E-state index contributed by atoms with van der Waals surface area (Å²) in [4.78, 5) is 19.5. The molecule has 3 fully saturated rings. The maximum Gasteiger partial charge on any atom is 0.240 e. The third-order valence-corrected chi connectivity index (χ3v) is 6.50. The van der Waals surface area contributed by atoms with Gasteiger partial charge in [-0.1, -0.05) is 6.42 Å². The number of nitrogens with zero attached hydrogens (tertiary/aromatic N) is 3. The summed E-state index contributed by atoms with van der Waals surface area (Å²) in [7, 11) is 2.22. The Morgan fingerprint density at radius 2 is 1.46 bits per heavy atom. The molecule has 3 saturated heterocycles. The van der Waals surface area contributed by atoms with Crippen LogP contribution in [0.2, 0.25) is 0 Å². The van der Waals surface area contributed by atoms with Gasteiger partial charge in [-0.2, -0.15) is 0 Å². The van der Waals surface area contributed by atoms with Gasteiger partial charge in [-0.15, -0.1) is 0 Å². The number of likely N-dealkylation sites (tertiary alicyclic amines) is 3. The van der Waals surface area contributed by atoms with Gasteiger partial charge in [-0.25, -0.2) is 0 Å². The van der Waals surface area contributed by atoms with Crippen LogP contribution in [0, 0.1) is 11.8 Å². The fourth-order valence-electron chi connectivity index (χ4n) is 4.82. The highest BCUT2D eigenvalue weighted by Crippen LogP contribution is 2.32. The van der Waals surface area contributed by atoms with E-state index >= 15 is 0 Å². The maximum absolute atomic E-state index is 12.7. The minimum Gasteiger partial charge on any atom is -0.341 e. The second-order valence-electron chi connectivity index (χ2n) is 8.27. The number of amides is 1. The van der Waals surface area contributed by atoms with E-state index in [1.165, 1.54) is 58.0 Å². The van der Waals surface area contributed by atoms with E-state index in [0.29, 0.717) is 0 Å². The first kappa shape index (κ1) is 18.2. The molecule has 3 aliphatic rings. The van der Waals surface area contributed by atoms with Crippen molar-refractivity contribution in [3.8, 4) is 0 Å². The molecule has 138 valence electrons. The third-order valence-electron chi connectivity index (χ3n) is 6.50. The zero-order valence-electron chi connectivity index (χ0n) is 15.5. The van der Waals surface area contributed by atoms with Crippen molar-refractivity contribution in [2.24, 2.45) is 17.6 Å². The Morgan fingerprint density at radius 1 is 0.917 bits per heavy atom. The maximum atomic E-state index is 12.7. The topological polar surface area (TPSA) is 52.8 Å². The molecular weight excluding hydrogens is 300 g/mol. The van der Waals surface area contributed by atoms with E-state index < -0.39 is 0 Å². The zero-order chi connectivity index (χ0) is 16.9. The van der Waals surface area contributed by atoms with Crippen molar-refractivity contribution < 1.29 is 4.79 Å². The highest BCUT2D eigenvalue weighted by atomic mass is 16.2. The van der Waals surface area contributed by atoms with Gasteiger partial charge in [0.05, 0.1) is 6.04 Å². The largest absolute Gasteiger partial charge is 0.341 e. The van der Waals surface area contributed by atoms with E-state index in [0.717, 1.165) is 44.6 Å². The Bertz CT molecular complexity index is 394. The Balaban J connectivity index is 1.41. The number of hydrogen-bond acceptors (Lipinski definition) is 4. The van der Waals surface area contributed by atoms with Crippen LogP contribution in [0.15, 0.2) is 0 Å². The van der Waals surface area contributed by atoms with Gasteiger partial charge in [0, 0.05) is 19.6 Å². The molecule has 0 aliphatic carbocycles. The van der Waals surface area contributed by atoms with Crippen molar-refractivity contribution in [1.82, 2.24) is 14.7 Å². The van der Waals surface area contributed by atoms with Gasteiger partial charge in [-0.05, 0) is 83.6 Å². The van der Waals surface area contributed by atoms with Gasteiger partial charge in [0.1, 0.15) is 0 Å². The molecule has 5 nitrogen and oxygen atoms in total. The minimum absolute atomic E-state index is 0.183. The molecule has 24 heavy (non-hydrogen) atoms. The molecule has 0 saturated carbocycles. The number of carbonyl (C=O) groups excluding carboxylic acids is 1. The van der Waals surface area contributed by atoms with Gasteiger partial charge in [-0.3, -0.25) is 4.79 Å². The Morgan fingerprint density at radius 3 is 2.04 bits per heavy atom. The lowest BCUT2D eigenvalue weighted by Gasteiger charge is -2.40. The highest BCUT2D eigenvalue weighted by Gasteiger charge is 2.32. The van der Waals surface area contributed by atoms with Crippen molar-refractivity contribution in [2.75, 3.05) is 52.9 Å². The lowest BCUT2D eigenvalue weighted by Crippen LogP contribution is -2.52. The molecule has 0 aromatic rings. The van der Waals surface area contributed by atoms with Crippen LogP contribution in [-0.4, -0.2) is 79.5 Å². The number of carbonyl (C=O) groups is 1. The van der Waals surface area contributed by atoms with E-state index in [1.807, 2.05) is 4.90 Å². The predicted molar refractivity (Wildman–Crippen MR) is 97.8 cm³/mol. The molecule has 0 radical (unpaired) electrons. The van der Waals surface area contributed by atoms with E-state index in [4.69, 9.17) is 5.73 Å². The molecule has 0 aromatic heterocycles. The molecule has 1 atom stereocenters. The summed E-state index contributed by atoms with van der Waals surface area (Å²) in [5, 5.41) is 0. The number of rotatable bonds is 4. The lowest BCUT2D eigenvalue weighted by atomic mass is 9.79. The van der Waals surface area contributed by atoms with Crippen LogP contribution < -0.4 is 5.73 Å². The van der Waals surface area contributed by atoms with E-state index in [2.05, 4.69) is 16.8 Å². The van der Waals surface area contributed by atoms with Crippen molar-refractivity contribution in [1.29, 1.82) is 0 Å². The van der Waals surface area contributed by atoms with Crippen LogP contribution in [0.25, 0.3) is 0 Å². The van der Waals surface area contributed by atoms with Crippen LogP contribution in [-0.2, 0) is 4.79 Å². The predicted octanol–water partition coefficient (Wildman–Crippen LogP) is 1.38. The summed E-state index contributed by atoms with van der Waals surface area (Å²) in [6.45, 7) is 7.29. The molecule has 2 N–H and O–H groups in total. The van der Waals surface area contributed by atoms with Gasteiger partial charge in [0.15, 0.2) is 0 Å². The molecule has 1 amide bonds.